The highest BCUT2D eigenvalue weighted by Crippen LogP contribution is 2.20. The molecule has 0 amide bonds. The summed E-state index contributed by atoms with van der Waals surface area (Å²) in [6.45, 7) is 0. The second kappa shape index (κ2) is 5.53. The standard InChI is InChI=1S/C6H12O6.2H2O/c7-1-2(8)4(10)6(12)5(11)3(1)9;;/h1-12H;2*1H2. The molecule has 0 radical (unpaired) electrons. The van der Waals surface area contributed by atoms with Crippen LogP contribution in [0.1, 0.15) is 0 Å². The van der Waals surface area contributed by atoms with Crippen LogP contribution < -0.4 is 0 Å². The van der Waals surface area contributed by atoms with Crippen molar-refractivity contribution in [2.24, 2.45) is 0 Å². The largest absolute Gasteiger partial charge is 0.412 e. The highest BCUT2D eigenvalue weighted by Gasteiger charge is 2.47. The van der Waals surface area contributed by atoms with E-state index in [1.54, 1.807) is 0 Å². The molecule has 0 atom stereocenters. The smallest absolute Gasteiger partial charge is 0.111 e. The van der Waals surface area contributed by atoms with Crippen molar-refractivity contribution in [3.63, 3.8) is 0 Å². The van der Waals surface area contributed by atoms with Crippen molar-refractivity contribution >= 4 is 0 Å². The summed E-state index contributed by atoms with van der Waals surface area (Å²) >= 11 is 0. The second-order valence-electron chi connectivity index (χ2n) is 2.94. The number of aliphatic hydroxyl groups is 6. The van der Waals surface area contributed by atoms with Crippen LogP contribution in [0.15, 0.2) is 0 Å². The number of hydrogen-bond acceptors (Lipinski definition) is 6. The van der Waals surface area contributed by atoms with E-state index in [1.807, 2.05) is 0 Å². The summed E-state index contributed by atoms with van der Waals surface area (Å²) in [6.07, 6.45) is -9.84. The predicted octanol–water partition coefficient (Wildman–Crippen LogP) is -5.48. The van der Waals surface area contributed by atoms with Crippen molar-refractivity contribution in [2.45, 2.75) is 36.6 Å². The lowest BCUT2D eigenvalue weighted by Crippen LogP contribution is -2.63. The van der Waals surface area contributed by atoms with Crippen LogP contribution in [-0.2, 0) is 0 Å². The van der Waals surface area contributed by atoms with Crippen molar-refractivity contribution in [2.75, 3.05) is 0 Å². The molecule has 88 valence electrons. The molecule has 8 nitrogen and oxygen atoms in total. The lowest BCUT2D eigenvalue weighted by molar-refractivity contribution is -0.223. The van der Waals surface area contributed by atoms with Gasteiger partial charge in [0.25, 0.3) is 0 Å². The van der Waals surface area contributed by atoms with Gasteiger partial charge in [-0.05, 0) is 0 Å². The molecule has 8 heteroatoms. The average molecular weight is 216 g/mol. The van der Waals surface area contributed by atoms with Crippen molar-refractivity contribution in [1.29, 1.82) is 0 Å². The van der Waals surface area contributed by atoms with Gasteiger partial charge in [0.1, 0.15) is 36.6 Å². The van der Waals surface area contributed by atoms with Gasteiger partial charge in [0.2, 0.25) is 0 Å². The van der Waals surface area contributed by atoms with E-state index in [0.29, 0.717) is 0 Å². The van der Waals surface area contributed by atoms with E-state index in [2.05, 4.69) is 0 Å². The molecule has 0 aliphatic heterocycles. The minimum absolute atomic E-state index is 0. The molecule has 0 unspecified atom stereocenters. The van der Waals surface area contributed by atoms with Gasteiger partial charge in [0.15, 0.2) is 0 Å². The molecule has 0 aromatic rings. The minimum atomic E-state index is -1.64. The van der Waals surface area contributed by atoms with Gasteiger partial charge in [-0.1, -0.05) is 0 Å². The second-order valence-corrected chi connectivity index (χ2v) is 2.94. The Labute approximate surface area is 79.3 Å². The summed E-state index contributed by atoms with van der Waals surface area (Å²) in [5.74, 6) is 0. The number of hydrogen-bond donors (Lipinski definition) is 6. The molecule has 0 saturated heterocycles. The zero-order valence-electron chi connectivity index (χ0n) is 7.15. The van der Waals surface area contributed by atoms with E-state index < -0.39 is 36.6 Å². The van der Waals surface area contributed by atoms with Gasteiger partial charge in [0.05, 0.1) is 0 Å². The van der Waals surface area contributed by atoms with E-state index in [9.17, 15) is 0 Å². The molecule has 1 fully saturated rings. The Balaban J connectivity index is 0. The zero-order chi connectivity index (χ0) is 9.46. The first-order valence-corrected chi connectivity index (χ1v) is 3.55. The highest BCUT2D eigenvalue weighted by atomic mass is 16.4. The first-order chi connectivity index (χ1) is 5.46. The van der Waals surface area contributed by atoms with Gasteiger partial charge in [0, 0.05) is 0 Å². The first-order valence-electron chi connectivity index (χ1n) is 3.55. The van der Waals surface area contributed by atoms with E-state index in [1.165, 1.54) is 0 Å². The van der Waals surface area contributed by atoms with Crippen LogP contribution >= 0.6 is 0 Å². The zero-order valence-corrected chi connectivity index (χ0v) is 7.15. The van der Waals surface area contributed by atoms with Crippen LogP contribution in [0.4, 0.5) is 0 Å². The summed E-state index contributed by atoms with van der Waals surface area (Å²) in [4.78, 5) is 0. The molecule has 14 heavy (non-hydrogen) atoms. The SMILES string of the molecule is O.O.OC1C(O)C(O)C(O)C(O)C1O. The molecule has 1 aliphatic rings. The van der Waals surface area contributed by atoms with Crippen molar-refractivity contribution in [3.05, 3.63) is 0 Å². The van der Waals surface area contributed by atoms with Crippen molar-refractivity contribution in [3.8, 4) is 0 Å². The number of aliphatic hydroxyl groups excluding tert-OH is 6. The van der Waals surface area contributed by atoms with Crippen LogP contribution in [-0.4, -0.2) is 78.2 Å². The van der Waals surface area contributed by atoms with Crippen LogP contribution in [0.2, 0.25) is 0 Å². The maximum atomic E-state index is 8.97. The third-order valence-corrected chi connectivity index (χ3v) is 2.10. The third-order valence-electron chi connectivity index (χ3n) is 2.10. The fourth-order valence-electron chi connectivity index (χ4n) is 1.21. The topological polar surface area (TPSA) is 184 Å². The van der Waals surface area contributed by atoms with Crippen LogP contribution in [0.5, 0.6) is 0 Å². The normalized spacial score (nSPS) is 47.6. The highest BCUT2D eigenvalue weighted by molar-refractivity contribution is 4.98. The van der Waals surface area contributed by atoms with Gasteiger partial charge >= 0.3 is 0 Å². The van der Waals surface area contributed by atoms with E-state index in [-0.39, 0.29) is 11.0 Å². The van der Waals surface area contributed by atoms with Crippen LogP contribution in [0.3, 0.4) is 0 Å². The van der Waals surface area contributed by atoms with Crippen LogP contribution in [0.25, 0.3) is 0 Å². The molecule has 1 rings (SSSR count). The molecule has 10 N–H and O–H groups in total. The fraction of sp³-hybridized carbons (Fsp3) is 1.00. The van der Waals surface area contributed by atoms with E-state index in [4.69, 9.17) is 30.6 Å². The predicted molar refractivity (Wildman–Crippen MR) is 43.3 cm³/mol. The molecular weight excluding hydrogens is 200 g/mol. The molecule has 1 aliphatic carbocycles. The molecule has 0 aromatic heterocycles. The van der Waals surface area contributed by atoms with Crippen molar-refractivity contribution in [1.82, 2.24) is 0 Å². The Hall–Kier alpha value is -0.320. The molecule has 0 heterocycles. The number of rotatable bonds is 0. The summed E-state index contributed by atoms with van der Waals surface area (Å²) in [7, 11) is 0. The lowest BCUT2D eigenvalue weighted by Gasteiger charge is -2.39. The summed E-state index contributed by atoms with van der Waals surface area (Å²) in [5, 5.41) is 53.8. The van der Waals surface area contributed by atoms with E-state index in [0.717, 1.165) is 0 Å². The summed E-state index contributed by atoms with van der Waals surface area (Å²) in [6, 6.07) is 0. The molecule has 0 aromatic carbocycles. The Bertz CT molecular complexity index is 105. The van der Waals surface area contributed by atoms with Gasteiger partial charge in [-0.2, -0.15) is 0 Å². The fourth-order valence-corrected chi connectivity index (χ4v) is 1.21. The Morgan fingerprint density at radius 1 is 0.357 bits per heavy atom. The monoisotopic (exact) mass is 216 g/mol. The average Bonchev–Trinajstić information content (AvgIpc) is 2.08. The molecule has 0 bridgehead atoms. The van der Waals surface area contributed by atoms with Crippen LogP contribution in [0, 0.1) is 0 Å². The van der Waals surface area contributed by atoms with Gasteiger partial charge < -0.3 is 41.6 Å². The molecule has 0 spiro atoms. The van der Waals surface area contributed by atoms with Gasteiger partial charge in [-0.15, -0.1) is 0 Å². The van der Waals surface area contributed by atoms with Gasteiger partial charge in [-0.3, -0.25) is 0 Å². The Morgan fingerprint density at radius 2 is 0.429 bits per heavy atom. The lowest BCUT2D eigenvalue weighted by atomic mass is 9.85. The Morgan fingerprint density at radius 3 is 0.500 bits per heavy atom. The first kappa shape index (κ1) is 16.1. The molecular formula is C6H16O8. The van der Waals surface area contributed by atoms with Crippen molar-refractivity contribution < 1.29 is 41.6 Å². The van der Waals surface area contributed by atoms with E-state index >= 15 is 0 Å². The summed E-state index contributed by atoms with van der Waals surface area (Å²) < 4.78 is 0. The minimum Gasteiger partial charge on any atom is -0.412 e. The molecule has 1 saturated carbocycles. The Kier molecular flexibility index (Phi) is 6.37. The third kappa shape index (κ3) is 2.38. The maximum Gasteiger partial charge on any atom is 0.111 e. The maximum absolute atomic E-state index is 8.97. The summed E-state index contributed by atoms with van der Waals surface area (Å²) in [5.41, 5.74) is 0. The van der Waals surface area contributed by atoms with Gasteiger partial charge in [-0.25, -0.2) is 0 Å². The quantitative estimate of drug-likeness (QED) is 0.234.